The lowest BCUT2D eigenvalue weighted by Gasteiger charge is -2.31. The van der Waals surface area contributed by atoms with Crippen LogP contribution in [-0.2, 0) is 9.59 Å². The number of ether oxygens (including phenoxy) is 1. The Hall–Kier alpha value is -2.08. The molecule has 142 valence electrons. The van der Waals surface area contributed by atoms with Gasteiger partial charge in [0.05, 0.1) is 18.4 Å². The summed E-state index contributed by atoms with van der Waals surface area (Å²) in [4.78, 5) is 26.9. The Bertz CT molecular complexity index is 587. The van der Waals surface area contributed by atoms with E-state index in [1.165, 1.54) is 0 Å². The molecule has 1 aromatic carbocycles. The van der Waals surface area contributed by atoms with Crippen LogP contribution in [-0.4, -0.2) is 56.0 Å². The molecule has 0 aliphatic carbocycles. The molecule has 6 nitrogen and oxygen atoms in total. The van der Waals surface area contributed by atoms with Crippen molar-refractivity contribution >= 4 is 11.8 Å². The van der Waals surface area contributed by atoms with Crippen LogP contribution in [0.1, 0.15) is 25.7 Å². The highest BCUT2D eigenvalue weighted by molar-refractivity contribution is 5.83. The van der Waals surface area contributed by atoms with Crippen LogP contribution in [0.25, 0.3) is 0 Å². The lowest BCUT2D eigenvalue weighted by molar-refractivity contribution is -0.136. The van der Waals surface area contributed by atoms with Crippen LogP contribution in [0, 0.1) is 11.8 Å². The number of nitrogens with zero attached hydrogens (tertiary/aromatic N) is 1. The number of carbonyl (C=O) groups is 2. The summed E-state index contributed by atoms with van der Waals surface area (Å²) < 4.78 is 5.62. The Labute approximate surface area is 155 Å². The summed E-state index contributed by atoms with van der Waals surface area (Å²) in [6.07, 6.45) is 3.60. The Kier molecular flexibility index (Phi) is 6.89. The summed E-state index contributed by atoms with van der Waals surface area (Å²) in [7, 11) is 0. The largest absolute Gasteiger partial charge is 0.494 e. The fourth-order valence-electron chi connectivity index (χ4n) is 3.66. The van der Waals surface area contributed by atoms with Crippen molar-refractivity contribution in [2.45, 2.75) is 25.7 Å². The van der Waals surface area contributed by atoms with Crippen LogP contribution in [0.5, 0.6) is 5.75 Å². The minimum Gasteiger partial charge on any atom is -0.494 e. The van der Waals surface area contributed by atoms with Crippen molar-refractivity contribution in [1.82, 2.24) is 15.5 Å². The highest BCUT2D eigenvalue weighted by Gasteiger charge is 2.33. The second kappa shape index (κ2) is 9.57. The first-order valence-corrected chi connectivity index (χ1v) is 9.69. The molecular formula is C20H29N3O3. The first kappa shape index (κ1) is 18.7. The average molecular weight is 359 g/mol. The number of likely N-dealkylation sites (tertiary alicyclic amines) is 1. The maximum Gasteiger partial charge on any atom is 0.226 e. The van der Waals surface area contributed by atoms with Crippen molar-refractivity contribution in [3.05, 3.63) is 30.3 Å². The van der Waals surface area contributed by atoms with E-state index >= 15 is 0 Å². The molecule has 0 unspecified atom stereocenters. The third kappa shape index (κ3) is 5.21. The van der Waals surface area contributed by atoms with Crippen LogP contribution >= 0.6 is 0 Å². The van der Waals surface area contributed by atoms with Gasteiger partial charge in [0.15, 0.2) is 0 Å². The van der Waals surface area contributed by atoms with Gasteiger partial charge in [0.25, 0.3) is 0 Å². The van der Waals surface area contributed by atoms with Gasteiger partial charge in [0.2, 0.25) is 11.8 Å². The first-order chi connectivity index (χ1) is 12.7. The second-order valence-corrected chi connectivity index (χ2v) is 7.13. The molecule has 6 heteroatoms. The molecule has 0 saturated carbocycles. The third-order valence-corrected chi connectivity index (χ3v) is 5.12. The lowest BCUT2D eigenvalue weighted by Crippen LogP contribution is -2.49. The molecule has 2 N–H and O–H groups in total. The average Bonchev–Trinajstić information content (AvgIpc) is 3.23. The molecule has 2 saturated heterocycles. The van der Waals surface area contributed by atoms with E-state index in [0.717, 1.165) is 38.1 Å². The van der Waals surface area contributed by atoms with E-state index in [2.05, 4.69) is 10.6 Å². The van der Waals surface area contributed by atoms with Crippen LogP contribution in [0.2, 0.25) is 0 Å². The number of amides is 2. The van der Waals surface area contributed by atoms with Crippen molar-refractivity contribution in [3.63, 3.8) is 0 Å². The van der Waals surface area contributed by atoms with Crippen molar-refractivity contribution in [3.8, 4) is 5.75 Å². The molecular weight excluding hydrogens is 330 g/mol. The van der Waals surface area contributed by atoms with Gasteiger partial charge in [-0.2, -0.15) is 0 Å². The molecule has 1 aromatic rings. The molecule has 3 rings (SSSR count). The number of carbonyl (C=O) groups excluding carboxylic acids is 2. The highest BCUT2D eigenvalue weighted by Crippen LogP contribution is 2.21. The fourth-order valence-corrected chi connectivity index (χ4v) is 3.66. The summed E-state index contributed by atoms with van der Waals surface area (Å²) in [5.41, 5.74) is 0. The number of rotatable bonds is 7. The molecule has 0 radical (unpaired) electrons. The van der Waals surface area contributed by atoms with E-state index in [-0.39, 0.29) is 23.7 Å². The topological polar surface area (TPSA) is 70.7 Å². The predicted molar refractivity (Wildman–Crippen MR) is 99.8 cm³/mol. The Balaban J connectivity index is 1.35. The van der Waals surface area contributed by atoms with Gasteiger partial charge in [0.1, 0.15) is 5.75 Å². The monoisotopic (exact) mass is 359 g/mol. The van der Waals surface area contributed by atoms with Crippen LogP contribution in [0.3, 0.4) is 0 Å². The quantitative estimate of drug-likeness (QED) is 0.723. The Morgan fingerprint density at radius 2 is 1.85 bits per heavy atom. The van der Waals surface area contributed by atoms with Crippen molar-refractivity contribution in [1.29, 1.82) is 0 Å². The van der Waals surface area contributed by atoms with Gasteiger partial charge in [0, 0.05) is 32.7 Å². The van der Waals surface area contributed by atoms with E-state index < -0.39 is 0 Å². The smallest absolute Gasteiger partial charge is 0.226 e. The molecule has 0 spiro atoms. The van der Waals surface area contributed by atoms with E-state index in [1.54, 1.807) is 0 Å². The van der Waals surface area contributed by atoms with Crippen LogP contribution in [0.4, 0.5) is 0 Å². The maximum absolute atomic E-state index is 12.5. The number of piperidine rings is 1. The van der Waals surface area contributed by atoms with Gasteiger partial charge in [-0.15, -0.1) is 0 Å². The van der Waals surface area contributed by atoms with Crippen molar-refractivity contribution < 1.29 is 14.3 Å². The lowest BCUT2D eigenvalue weighted by atomic mass is 9.89. The third-order valence-electron chi connectivity index (χ3n) is 5.12. The van der Waals surface area contributed by atoms with Gasteiger partial charge < -0.3 is 20.3 Å². The SMILES string of the molecule is O=C(NCCCOc1ccccc1)[C@H]1CNC[C@@H](C(=O)N2CCCC2)C1. The minimum atomic E-state index is -0.129. The van der Waals surface area contributed by atoms with Crippen LogP contribution in [0.15, 0.2) is 30.3 Å². The molecule has 0 bridgehead atoms. The summed E-state index contributed by atoms with van der Waals surface area (Å²) in [5.74, 6) is 0.896. The van der Waals surface area contributed by atoms with Gasteiger partial charge in [-0.25, -0.2) is 0 Å². The molecule has 2 heterocycles. The number of para-hydroxylation sites is 1. The number of benzene rings is 1. The van der Waals surface area contributed by atoms with E-state index in [9.17, 15) is 9.59 Å². The molecule has 2 aliphatic rings. The Morgan fingerprint density at radius 3 is 2.62 bits per heavy atom. The zero-order valence-corrected chi connectivity index (χ0v) is 15.3. The van der Waals surface area contributed by atoms with Crippen LogP contribution < -0.4 is 15.4 Å². The summed E-state index contributed by atoms with van der Waals surface area (Å²) in [6.45, 7) is 4.23. The number of nitrogens with one attached hydrogen (secondary N) is 2. The summed E-state index contributed by atoms with van der Waals surface area (Å²) in [6, 6.07) is 9.67. The van der Waals surface area contributed by atoms with Gasteiger partial charge in [-0.05, 0) is 37.8 Å². The van der Waals surface area contributed by atoms with Crippen molar-refractivity contribution in [2.24, 2.45) is 11.8 Å². The Morgan fingerprint density at radius 1 is 1.12 bits per heavy atom. The van der Waals surface area contributed by atoms with Gasteiger partial charge in [-0.3, -0.25) is 9.59 Å². The molecule has 2 fully saturated rings. The van der Waals surface area contributed by atoms with E-state index in [0.29, 0.717) is 32.7 Å². The van der Waals surface area contributed by atoms with Crippen molar-refractivity contribution in [2.75, 3.05) is 39.3 Å². The summed E-state index contributed by atoms with van der Waals surface area (Å²) in [5, 5.41) is 6.24. The molecule has 0 aromatic heterocycles. The normalized spacial score (nSPS) is 22.8. The second-order valence-electron chi connectivity index (χ2n) is 7.13. The minimum absolute atomic E-state index is 0.0381. The zero-order valence-electron chi connectivity index (χ0n) is 15.3. The number of hydrogen-bond donors (Lipinski definition) is 2. The molecule has 2 aliphatic heterocycles. The van der Waals surface area contributed by atoms with Gasteiger partial charge >= 0.3 is 0 Å². The first-order valence-electron chi connectivity index (χ1n) is 9.69. The zero-order chi connectivity index (χ0) is 18.2. The van der Waals surface area contributed by atoms with E-state index in [1.807, 2.05) is 35.2 Å². The molecule has 2 atom stereocenters. The standard InChI is InChI=1S/C20H29N3O3/c24-19(22-9-6-12-26-18-7-2-1-3-8-18)16-13-17(15-21-14-16)20(25)23-10-4-5-11-23/h1-3,7-8,16-17,21H,4-6,9-15H2,(H,22,24)/t16-,17+/m1/s1. The van der Waals surface area contributed by atoms with Gasteiger partial charge in [-0.1, -0.05) is 18.2 Å². The fraction of sp³-hybridized carbons (Fsp3) is 0.600. The molecule has 2 amide bonds. The highest BCUT2D eigenvalue weighted by atomic mass is 16.5. The van der Waals surface area contributed by atoms with E-state index in [4.69, 9.17) is 4.74 Å². The predicted octanol–water partition coefficient (Wildman–Crippen LogP) is 1.42. The molecule has 26 heavy (non-hydrogen) atoms. The number of hydrogen-bond acceptors (Lipinski definition) is 4. The maximum atomic E-state index is 12.5. The summed E-state index contributed by atoms with van der Waals surface area (Å²) >= 11 is 0.